The summed E-state index contributed by atoms with van der Waals surface area (Å²) in [5.74, 6) is 1.51. The quantitative estimate of drug-likeness (QED) is 0.183. The normalized spacial score (nSPS) is 10.9. The highest BCUT2D eigenvalue weighted by Crippen LogP contribution is 2.32. The van der Waals surface area contributed by atoms with Crippen LogP contribution in [0.3, 0.4) is 0 Å². The number of rotatable bonds is 5. The third-order valence-corrected chi connectivity index (χ3v) is 9.12. The van der Waals surface area contributed by atoms with Gasteiger partial charge in [-0.15, -0.1) is 0 Å². The molecule has 0 saturated heterocycles. The van der Waals surface area contributed by atoms with E-state index in [1.807, 2.05) is 61.5 Å². The van der Waals surface area contributed by atoms with Gasteiger partial charge in [-0.1, -0.05) is 175 Å². The Balaban J connectivity index is 0.000000153. The van der Waals surface area contributed by atoms with Crippen molar-refractivity contribution in [2.24, 2.45) is 0 Å². The second kappa shape index (κ2) is 14.6. The van der Waals surface area contributed by atoms with Gasteiger partial charge in [-0.2, -0.15) is 0 Å². The van der Waals surface area contributed by atoms with Crippen molar-refractivity contribution in [3.63, 3.8) is 0 Å². The van der Waals surface area contributed by atoms with Crippen LogP contribution in [0.4, 0.5) is 0 Å². The van der Waals surface area contributed by atoms with Gasteiger partial charge in [0.1, 0.15) is 0 Å². The summed E-state index contributed by atoms with van der Waals surface area (Å²) < 4.78 is 0. The Bertz CT molecular complexity index is 2620. The summed E-state index contributed by atoms with van der Waals surface area (Å²) in [5.41, 5.74) is 10.5. The lowest BCUT2D eigenvalue weighted by Gasteiger charge is -2.11. The highest BCUT2D eigenvalue weighted by Gasteiger charge is 2.13. The molecule has 0 unspecified atom stereocenters. The van der Waals surface area contributed by atoms with Crippen molar-refractivity contribution >= 4 is 21.5 Å². The first-order valence-electron chi connectivity index (χ1n) is 17.5. The molecule has 0 N–H and O–H groups in total. The molecule has 0 atom stereocenters. The molecule has 52 heavy (non-hydrogen) atoms. The molecule has 0 amide bonds. The van der Waals surface area contributed by atoms with Crippen LogP contribution in [0.5, 0.6) is 0 Å². The minimum Gasteiger partial charge on any atom is -0.233 e. The minimum absolute atomic E-state index is 0.742. The standard InChI is InChI=1S/C27H20N2.C21H16N2/c1-19-14-16-21(17-15-19)25-18-26(29-27(28-25)22-9-3-2-4-10-22)24-13-7-11-20-8-5-6-12-23(20)24;1-15-14-20(23-21(22-15)17-9-3-2-4-10-17)19-13-7-11-16-8-5-6-12-18(16)19/h2-18H,1H3;2-14H,1H3. The number of hydrogen-bond acceptors (Lipinski definition) is 4. The Labute approximate surface area is 304 Å². The van der Waals surface area contributed by atoms with E-state index in [2.05, 4.69) is 139 Å². The van der Waals surface area contributed by atoms with E-state index in [0.29, 0.717) is 0 Å². The summed E-state index contributed by atoms with van der Waals surface area (Å²) in [6, 6.07) is 62.5. The predicted molar refractivity (Wildman–Crippen MR) is 216 cm³/mol. The molecule has 7 aromatic carbocycles. The minimum atomic E-state index is 0.742. The molecule has 0 aliphatic carbocycles. The van der Waals surface area contributed by atoms with Crippen LogP contribution in [-0.4, -0.2) is 19.9 Å². The Morgan fingerprint density at radius 1 is 0.327 bits per heavy atom. The first-order chi connectivity index (χ1) is 25.6. The number of nitrogens with zero attached hydrogens (tertiary/aromatic N) is 4. The fraction of sp³-hybridized carbons (Fsp3) is 0.0417. The van der Waals surface area contributed by atoms with Gasteiger partial charge >= 0.3 is 0 Å². The highest BCUT2D eigenvalue weighted by molar-refractivity contribution is 5.97. The molecule has 4 heteroatoms. The zero-order valence-electron chi connectivity index (χ0n) is 29.1. The van der Waals surface area contributed by atoms with Crippen LogP contribution >= 0.6 is 0 Å². The second-order valence-electron chi connectivity index (χ2n) is 12.8. The molecule has 0 fully saturated rings. The van der Waals surface area contributed by atoms with Gasteiger partial charge in [-0.05, 0) is 47.5 Å². The third-order valence-electron chi connectivity index (χ3n) is 9.12. The smallest absolute Gasteiger partial charge is 0.160 e. The van der Waals surface area contributed by atoms with Crippen molar-refractivity contribution < 1.29 is 0 Å². The van der Waals surface area contributed by atoms with Crippen LogP contribution in [0.1, 0.15) is 11.3 Å². The van der Waals surface area contributed by atoms with Gasteiger partial charge in [0.25, 0.3) is 0 Å². The molecular formula is C48H36N4. The van der Waals surface area contributed by atoms with E-state index in [1.54, 1.807) is 0 Å². The van der Waals surface area contributed by atoms with Crippen LogP contribution in [0.15, 0.2) is 182 Å². The summed E-state index contributed by atoms with van der Waals surface area (Å²) in [6.45, 7) is 4.11. The summed E-state index contributed by atoms with van der Waals surface area (Å²) in [5, 5.41) is 4.85. The maximum absolute atomic E-state index is 4.96. The molecule has 0 aliphatic heterocycles. The van der Waals surface area contributed by atoms with Gasteiger partial charge in [0, 0.05) is 33.5 Å². The van der Waals surface area contributed by atoms with Crippen LogP contribution in [0.25, 0.3) is 78.1 Å². The molecule has 248 valence electrons. The maximum atomic E-state index is 4.96. The maximum Gasteiger partial charge on any atom is 0.160 e. The molecule has 9 aromatic rings. The lowest BCUT2D eigenvalue weighted by Crippen LogP contribution is -1.96. The molecular weight excluding hydrogens is 633 g/mol. The van der Waals surface area contributed by atoms with E-state index in [-0.39, 0.29) is 0 Å². The van der Waals surface area contributed by atoms with E-state index < -0.39 is 0 Å². The molecule has 0 saturated carbocycles. The lowest BCUT2D eigenvalue weighted by molar-refractivity contribution is 1.12. The van der Waals surface area contributed by atoms with Crippen LogP contribution in [-0.2, 0) is 0 Å². The topological polar surface area (TPSA) is 51.6 Å². The Morgan fingerprint density at radius 2 is 0.769 bits per heavy atom. The Kier molecular flexibility index (Phi) is 9.10. The van der Waals surface area contributed by atoms with Crippen LogP contribution in [0.2, 0.25) is 0 Å². The lowest BCUT2D eigenvalue weighted by atomic mass is 10.00. The predicted octanol–water partition coefficient (Wildman–Crippen LogP) is 12.2. The Hall–Kier alpha value is -6.78. The molecule has 0 bridgehead atoms. The molecule has 9 rings (SSSR count). The molecule has 0 spiro atoms. The van der Waals surface area contributed by atoms with E-state index >= 15 is 0 Å². The van der Waals surface area contributed by atoms with E-state index in [9.17, 15) is 0 Å². The third kappa shape index (κ3) is 6.96. The van der Waals surface area contributed by atoms with Crippen molar-refractivity contribution in [1.29, 1.82) is 0 Å². The highest BCUT2D eigenvalue weighted by atomic mass is 14.9. The second-order valence-corrected chi connectivity index (χ2v) is 12.8. The van der Waals surface area contributed by atoms with Gasteiger partial charge in [0.05, 0.1) is 17.1 Å². The number of benzene rings is 7. The summed E-state index contributed by atoms with van der Waals surface area (Å²) in [6.07, 6.45) is 0. The fourth-order valence-corrected chi connectivity index (χ4v) is 6.49. The first-order valence-corrected chi connectivity index (χ1v) is 17.5. The van der Waals surface area contributed by atoms with Crippen molar-refractivity contribution in [3.05, 3.63) is 193 Å². The molecule has 0 aliphatic rings. The van der Waals surface area contributed by atoms with E-state index in [1.165, 1.54) is 27.1 Å². The molecule has 4 nitrogen and oxygen atoms in total. The zero-order chi connectivity index (χ0) is 35.3. The summed E-state index contributed by atoms with van der Waals surface area (Å²) >= 11 is 0. The van der Waals surface area contributed by atoms with Gasteiger partial charge < -0.3 is 0 Å². The largest absolute Gasteiger partial charge is 0.233 e. The van der Waals surface area contributed by atoms with Crippen molar-refractivity contribution in [3.8, 4) is 56.5 Å². The average molecular weight is 669 g/mol. The molecule has 2 heterocycles. The van der Waals surface area contributed by atoms with Gasteiger partial charge in [0.2, 0.25) is 0 Å². The van der Waals surface area contributed by atoms with Crippen LogP contribution in [0, 0.1) is 13.8 Å². The average Bonchev–Trinajstić information content (AvgIpc) is 3.21. The number of fused-ring (bicyclic) bond motifs is 2. The SMILES string of the molecule is Cc1cc(-c2cccc3ccccc23)nc(-c2ccccc2)n1.Cc1ccc(-c2cc(-c3cccc4ccccc34)nc(-c3ccccc3)n2)cc1. The Morgan fingerprint density at radius 3 is 1.33 bits per heavy atom. The van der Waals surface area contributed by atoms with E-state index in [4.69, 9.17) is 15.0 Å². The number of aromatic nitrogens is 4. The first kappa shape index (κ1) is 32.4. The summed E-state index contributed by atoms with van der Waals surface area (Å²) in [7, 11) is 0. The summed E-state index contributed by atoms with van der Waals surface area (Å²) in [4.78, 5) is 19.3. The fourth-order valence-electron chi connectivity index (χ4n) is 6.49. The van der Waals surface area contributed by atoms with E-state index in [0.717, 1.165) is 62.2 Å². The van der Waals surface area contributed by atoms with Gasteiger partial charge in [0.15, 0.2) is 11.6 Å². The molecule has 2 aromatic heterocycles. The zero-order valence-corrected chi connectivity index (χ0v) is 29.1. The number of hydrogen-bond donors (Lipinski definition) is 0. The van der Waals surface area contributed by atoms with Gasteiger partial charge in [-0.25, -0.2) is 19.9 Å². The van der Waals surface area contributed by atoms with Crippen molar-refractivity contribution in [2.45, 2.75) is 13.8 Å². The van der Waals surface area contributed by atoms with Crippen LogP contribution < -0.4 is 0 Å². The molecule has 0 radical (unpaired) electrons. The number of aryl methyl sites for hydroxylation is 2. The van der Waals surface area contributed by atoms with Gasteiger partial charge in [-0.3, -0.25) is 0 Å². The monoisotopic (exact) mass is 668 g/mol. The van der Waals surface area contributed by atoms with Crippen molar-refractivity contribution in [2.75, 3.05) is 0 Å². The van der Waals surface area contributed by atoms with Crippen molar-refractivity contribution in [1.82, 2.24) is 19.9 Å².